The fourth-order valence-corrected chi connectivity index (χ4v) is 3.31. The fourth-order valence-electron chi connectivity index (χ4n) is 2.06. The summed E-state index contributed by atoms with van der Waals surface area (Å²) in [4.78, 5) is 4.26. The van der Waals surface area contributed by atoms with Gasteiger partial charge in [-0.25, -0.2) is 4.98 Å². The summed E-state index contributed by atoms with van der Waals surface area (Å²) in [6.07, 6.45) is 1.70. The Kier molecular flexibility index (Phi) is 5.65. The van der Waals surface area contributed by atoms with Crippen molar-refractivity contribution in [2.45, 2.75) is 6.54 Å². The number of hydrogen-bond donors (Lipinski definition) is 2. The number of nitrogens with zero attached hydrogens (tertiary/aromatic N) is 1. The van der Waals surface area contributed by atoms with Crippen LogP contribution >= 0.6 is 44.1 Å². The van der Waals surface area contributed by atoms with Crippen LogP contribution in [0.1, 0.15) is 5.76 Å². The van der Waals surface area contributed by atoms with E-state index in [0.29, 0.717) is 17.5 Å². The minimum atomic E-state index is 0.475. The zero-order valence-electron chi connectivity index (χ0n) is 12.4. The van der Waals surface area contributed by atoms with E-state index < -0.39 is 0 Å². The number of anilines is 1. The molecule has 0 aliphatic carbocycles. The molecule has 2 heterocycles. The van der Waals surface area contributed by atoms with Crippen LogP contribution in [0.15, 0.2) is 68.1 Å². The molecule has 1 aromatic carbocycles. The molecule has 0 aliphatic rings. The lowest BCUT2D eigenvalue weighted by Gasteiger charge is -2.10. The minimum absolute atomic E-state index is 0.475. The van der Waals surface area contributed by atoms with Crippen molar-refractivity contribution in [3.63, 3.8) is 0 Å². The first kappa shape index (κ1) is 17.1. The number of benzene rings is 1. The first-order chi connectivity index (χ1) is 11.6. The van der Waals surface area contributed by atoms with Gasteiger partial charge >= 0.3 is 0 Å². The van der Waals surface area contributed by atoms with E-state index in [1.54, 1.807) is 6.20 Å². The van der Waals surface area contributed by atoms with E-state index in [-0.39, 0.29) is 0 Å². The maximum absolute atomic E-state index is 5.83. The van der Waals surface area contributed by atoms with Crippen molar-refractivity contribution >= 4 is 55.0 Å². The molecule has 7 heteroatoms. The number of aromatic nitrogens is 1. The molecule has 0 amide bonds. The zero-order valence-corrected chi connectivity index (χ0v) is 16.4. The lowest BCUT2D eigenvalue weighted by molar-refractivity contribution is 0.516. The molecule has 0 bridgehead atoms. The van der Waals surface area contributed by atoms with Crippen molar-refractivity contribution in [2.75, 3.05) is 5.32 Å². The van der Waals surface area contributed by atoms with E-state index in [4.69, 9.17) is 16.6 Å². The molecule has 0 atom stereocenters. The van der Waals surface area contributed by atoms with Gasteiger partial charge in [0.2, 0.25) is 0 Å². The van der Waals surface area contributed by atoms with Gasteiger partial charge in [-0.2, -0.15) is 0 Å². The Balaban J connectivity index is 1.58. The quantitative estimate of drug-likeness (QED) is 0.507. The second kappa shape index (κ2) is 7.92. The summed E-state index contributed by atoms with van der Waals surface area (Å²) >= 11 is 12.1. The fraction of sp³-hybridized carbons (Fsp3) is 0.0588. The number of thiocarbonyl (C=S) groups is 1. The summed E-state index contributed by atoms with van der Waals surface area (Å²) in [7, 11) is 0. The molecule has 4 nitrogen and oxygen atoms in total. The molecule has 3 aromatic rings. The van der Waals surface area contributed by atoms with Gasteiger partial charge in [0.25, 0.3) is 0 Å². The second-order valence-corrected chi connectivity index (χ2v) is 7.10. The molecule has 0 saturated carbocycles. The highest BCUT2D eigenvalue weighted by atomic mass is 79.9. The van der Waals surface area contributed by atoms with Crippen molar-refractivity contribution in [1.29, 1.82) is 0 Å². The van der Waals surface area contributed by atoms with Crippen molar-refractivity contribution in [3.8, 4) is 11.3 Å². The van der Waals surface area contributed by atoms with Crippen LogP contribution in [0, 0.1) is 0 Å². The number of pyridine rings is 1. The Morgan fingerprint density at radius 2 is 1.92 bits per heavy atom. The molecule has 2 aromatic heterocycles. The summed E-state index contributed by atoms with van der Waals surface area (Å²) in [5, 5.41) is 6.63. The van der Waals surface area contributed by atoms with Crippen LogP contribution in [0.5, 0.6) is 0 Å². The highest BCUT2D eigenvalue weighted by Gasteiger charge is 2.07. The number of nitrogens with one attached hydrogen (secondary N) is 2. The highest BCUT2D eigenvalue weighted by Crippen LogP contribution is 2.24. The maximum Gasteiger partial charge on any atom is 0.172 e. The topological polar surface area (TPSA) is 50.1 Å². The van der Waals surface area contributed by atoms with Crippen LogP contribution < -0.4 is 10.6 Å². The maximum atomic E-state index is 5.83. The van der Waals surface area contributed by atoms with Gasteiger partial charge in [-0.05, 0) is 62.3 Å². The van der Waals surface area contributed by atoms with Crippen molar-refractivity contribution in [1.82, 2.24) is 10.3 Å². The van der Waals surface area contributed by atoms with E-state index in [1.165, 1.54) is 0 Å². The third kappa shape index (κ3) is 4.43. The molecule has 0 fully saturated rings. The van der Waals surface area contributed by atoms with E-state index in [2.05, 4.69) is 47.5 Å². The Hall–Kier alpha value is -1.70. The second-order valence-electron chi connectivity index (χ2n) is 4.92. The van der Waals surface area contributed by atoms with E-state index in [0.717, 1.165) is 26.0 Å². The summed E-state index contributed by atoms with van der Waals surface area (Å²) < 4.78 is 7.54. The van der Waals surface area contributed by atoms with Gasteiger partial charge in [-0.3, -0.25) is 0 Å². The van der Waals surface area contributed by atoms with Crippen molar-refractivity contribution in [3.05, 3.63) is 69.4 Å². The molecule has 3 rings (SSSR count). The van der Waals surface area contributed by atoms with Crippen LogP contribution in [-0.4, -0.2) is 10.1 Å². The molecular formula is C17H13Br2N3OS. The van der Waals surface area contributed by atoms with Crippen molar-refractivity contribution in [2.24, 2.45) is 0 Å². The predicted molar refractivity (Wildman–Crippen MR) is 107 cm³/mol. The Morgan fingerprint density at radius 1 is 1.12 bits per heavy atom. The first-order valence-corrected chi connectivity index (χ1v) is 9.11. The third-order valence-electron chi connectivity index (χ3n) is 3.18. The summed E-state index contributed by atoms with van der Waals surface area (Å²) in [6, 6.07) is 15.8. The molecule has 0 radical (unpaired) electrons. The lowest BCUT2D eigenvalue weighted by atomic mass is 10.2. The van der Waals surface area contributed by atoms with Crippen LogP contribution in [0.3, 0.4) is 0 Å². The molecule has 24 heavy (non-hydrogen) atoms. The first-order valence-electron chi connectivity index (χ1n) is 7.12. The average molecular weight is 467 g/mol. The molecule has 122 valence electrons. The molecule has 0 saturated heterocycles. The van der Waals surface area contributed by atoms with Crippen LogP contribution in [0.2, 0.25) is 0 Å². The third-order valence-corrected chi connectivity index (χ3v) is 4.47. The normalized spacial score (nSPS) is 10.4. The van der Waals surface area contributed by atoms with Gasteiger partial charge in [0.1, 0.15) is 17.3 Å². The molecule has 2 N–H and O–H groups in total. The molecule has 0 unspecified atom stereocenters. The monoisotopic (exact) mass is 465 g/mol. The van der Waals surface area contributed by atoms with Gasteiger partial charge < -0.3 is 15.1 Å². The van der Waals surface area contributed by atoms with Gasteiger partial charge in [0, 0.05) is 16.2 Å². The number of hydrogen-bond acceptors (Lipinski definition) is 3. The largest absolute Gasteiger partial charge is 0.459 e. The zero-order chi connectivity index (χ0) is 16.9. The van der Waals surface area contributed by atoms with Crippen molar-refractivity contribution < 1.29 is 4.42 Å². The van der Waals surface area contributed by atoms with Gasteiger partial charge in [-0.1, -0.05) is 30.3 Å². The number of halogens is 2. The highest BCUT2D eigenvalue weighted by molar-refractivity contribution is 9.11. The lowest BCUT2D eigenvalue weighted by Crippen LogP contribution is -2.28. The van der Waals surface area contributed by atoms with Gasteiger partial charge in [0.15, 0.2) is 5.11 Å². The van der Waals surface area contributed by atoms with E-state index in [9.17, 15) is 0 Å². The molecule has 0 aliphatic heterocycles. The van der Waals surface area contributed by atoms with Crippen LogP contribution in [-0.2, 0) is 6.54 Å². The summed E-state index contributed by atoms with van der Waals surface area (Å²) in [5.74, 6) is 2.30. The Bertz CT molecular complexity index is 852. The number of furan rings is 1. The smallest absolute Gasteiger partial charge is 0.172 e. The number of rotatable bonds is 4. The van der Waals surface area contributed by atoms with Gasteiger partial charge in [0.05, 0.1) is 11.0 Å². The van der Waals surface area contributed by atoms with Crippen LogP contribution in [0.4, 0.5) is 5.82 Å². The SMILES string of the molecule is S=C(NCc1ccc(-c2ccccc2)o1)Nc1ncc(Br)cc1Br. The standard InChI is InChI=1S/C17H13Br2N3OS/c18-12-8-14(19)16(20-9-12)22-17(24)21-10-13-6-7-15(23-13)11-4-2-1-3-5-11/h1-9H,10H2,(H2,20,21,22,24). The Labute approximate surface area is 161 Å². The Morgan fingerprint density at radius 3 is 2.67 bits per heavy atom. The van der Waals surface area contributed by atoms with E-state index in [1.807, 2.05) is 48.5 Å². The van der Waals surface area contributed by atoms with E-state index >= 15 is 0 Å². The predicted octanol–water partition coefficient (Wildman–Crippen LogP) is 5.35. The molecule has 0 spiro atoms. The molecular weight excluding hydrogens is 454 g/mol. The van der Waals surface area contributed by atoms with Crippen LogP contribution in [0.25, 0.3) is 11.3 Å². The van der Waals surface area contributed by atoms with Gasteiger partial charge in [-0.15, -0.1) is 0 Å². The average Bonchev–Trinajstić information content (AvgIpc) is 3.05. The summed E-state index contributed by atoms with van der Waals surface area (Å²) in [5.41, 5.74) is 1.05. The summed E-state index contributed by atoms with van der Waals surface area (Å²) in [6.45, 7) is 0.493. The minimum Gasteiger partial charge on any atom is -0.459 e.